The van der Waals surface area contributed by atoms with Crippen molar-refractivity contribution in [3.63, 3.8) is 0 Å². The molecule has 7 heteroatoms. The van der Waals surface area contributed by atoms with Crippen LogP contribution in [-0.2, 0) is 14.3 Å². The number of rotatable bonds is 10. The van der Waals surface area contributed by atoms with Gasteiger partial charge in [-0.25, -0.2) is 0 Å². The van der Waals surface area contributed by atoms with Gasteiger partial charge in [0.15, 0.2) is 0 Å². The Labute approximate surface area is 103 Å². The van der Waals surface area contributed by atoms with Gasteiger partial charge in [0.05, 0.1) is 44.5 Å². The van der Waals surface area contributed by atoms with E-state index in [9.17, 15) is 4.79 Å². The van der Waals surface area contributed by atoms with Crippen LogP contribution in [-0.4, -0.2) is 67.1 Å². The molecule has 1 atom stereocenters. The van der Waals surface area contributed by atoms with E-state index in [0.717, 1.165) is 0 Å². The molecule has 0 spiro atoms. The lowest BCUT2D eigenvalue weighted by Crippen LogP contribution is -2.37. The summed E-state index contributed by atoms with van der Waals surface area (Å²) in [6.07, 6.45) is -0.318. The van der Waals surface area contributed by atoms with Gasteiger partial charge in [-0.15, -0.1) is 0 Å². The largest absolute Gasteiger partial charge is 0.394 e. The molecule has 0 aromatic heterocycles. The lowest BCUT2D eigenvalue weighted by molar-refractivity contribution is -0.119. The minimum Gasteiger partial charge on any atom is -0.394 e. The van der Waals surface area contributed by atoms with E-state index in [1.807, 2.05) is 0 Å². The SMILES string of the molecule is O=C(CBr)NCC(COCCO)OCCO. The Morgan fingerprint density at radius 2 is 2.00 bits per heavy atom. The van der Waals surface area contributed by atoms with E-state index in [1.165, 1.54) is 0 Å². The molecule has 96 valence electrons. The Bertz CT molecular complexity index is 181. The summed E-state index contributed by atoms with van der Waals surface area (Å²) in [7, 11) is 0. The second-order valence-electron chi connectivity index (χ2n) is 2.95. The smallest absolute Gasteiger partial charge is 0.230 e. The molecule has 0 saturated carbocycles. The second-order valence-corrected chi connectivity index (χ2v) is 3.51. The normalized spacial score (nSPS) is 12.4. The predicted octanol–water partition coefficient (Wildman–Crippen LogP) is -1.12. The molecule has 0 aliphatic rings. The van der Waals surface area contributed by atoms with Crippen LogP contribution in [0.1, 0.15) is 0 Å². The van der Waals surface area contributed by atoms with Gasteiger partial charge in [0, 0.05) is 6.54 Å². The van der Waals surface area contributed by atoms with Gasteiger partial charge in [-0.2, -0.15) is 0 Å². The van der Waals surface area contributed by atoms with E-state index >= 15 is 0 Å². The van der Waals surface area contributed by atoms with Crippen molar-refractivity contribution < 1.29 is 24.5 Å². The van der Waals surface area contributed by atoms with E-state index in [0.29, 0.717) is 6.54 Å². The maximum Gasteiger partial charge on any atom is 0.230 e. The fraction of sp³-hybridized carbons (Fsp3) is 0.889. The Kier molecular flexibility index (Phi) is 11.1. The van der Waals surface area contributed by atoms with Crippen LogP contribution in [0.3, 0.4) is 0 Å². The lowest BCUT2D eigenvalue weighted by Gasteiger charge is -2.17. The van der Waals surface area contributed by atoms with Crippen LogP contribution < -0.4 is 5.32 Å². The molecule has 1 amide bonds. The van der Waals surface area contributed by atoms with Crippen molar-refractivity contribution in [1.29, 1.82) is 0 Å². The number of ether oxygens (including phenoxy) is 2. The molecule has 0 bridgehead atoms. The highest BCUT2D eigenvalue weighted by Crippen LogP contribution is 1.93. The van der Waals surface area contributed by atoms with Gasteiger partial charge in [0.2, 0.25) is 5.91 Å². The van der Waals surface area contributed by atoms with Crippen LogP contribution in [0.15, 0.2) is 0 Å². The molecule has 0 aliphatic carbocycles. The first-order chi connectivity index (χ1) is 7.74. The Morgan fingerprint density at radius 3 is 2.56 bits per heavy atom. The molecule has 0 radical (unpaired) electrons. The zero-order chi connectivity index (χ0) is 12.2. The summed E-state index contributed by atoms with van der Waals surface area (Å²) in [5.74, 6) is -0.139. The van der Waals surface area contributed by atoms with Crippen molar-refractivity contribution >= 4 is 21.8 Å². The molecule has 0 fully saturated rings. The molecule has 0 rings (SSSR count). The summed E-state index contributed by atoms with van der Waals surface area (Å²) in [6, 6.07) is 0. The first kappa shape index (κ1) is 15.8. The maximum atomic E-state index is 11.0. The zero-order valence-corrected chi connectivity index (χ0v) is 10.6. The Balaban J connectivity index is 3.75. The van der Waals surface area contributed by atoms with Crippen LogP contribution in [0.2, 0.25) is 0 Å². The number of hydrogen-bond acceptors (Lipinski definition) is 5. The molecular weight excluding hydrogens is 282 g/mol. The monoisotopic (exact) mass is 299 g/mol. The average molecular weight is 300 g/mol. The van der Waals surface area contributed by atoms with Crippen molar-refractivity contribution in [2.75, 3.05) is 44.9 Å². The van der Waals surface area contributed by atoms with Crippen LogP contribution in [0, 0.1) is 0 Å². The number of carbonyl (C=O) groups excluding carboxylic acids is 1. The van der Waals surface area contributed by atoms with Crippen LogP contribution >= 0.6 is 15.9 Å². The topological polar surface area (TPSA) is 88.0 Å². The number of nitrogens with one attached hydrogen (secondary N) is 1. The molecule has 1 unspecified atom stereocenters. The first-order valence-electron chi connectivity index (χ1n) is 4.98. The number of amides is 1. The summed E-state index contributed by atoms with van der Waals surface area (Å²) in [6.45, 7) is 0.866. The fourth-order valence-corrected chi connectivity index (χ4v) is 1.14. The summed E-state index contributed by atoms with van der Waals surface area (Å²) < 4.78 is 10.3. The summed E-state index contributed by atoms with van der Waals surface area (Å²) in [4.78, 5) is 11.0. The Hall–Kier alpha value is -0.210. The zero-order valence-electron chi connectivity index (χ0n) is 9.02. The number of hydrogen-bond donors (Lipinski definition) is 3. The van der Waals surface area contributed by atoms with Crippen LogP contribution in [0.25, 0.3) is 0 Å². The third kappa shape index (κ3) is 9.05. The van der Waals surface area contributed by atoms with E-state index in [2.05, 4.69) is 21.2 Å². The number of aliphatic hydroxyl groups excluding tert-OH is 2. The number of alkyl halides is 1. The maximum absolute atomic E-state index is 11.0. The Morgan fingerprint density at radius 1 is 1.31 bits per heavy atom. The van der Waals surface area contributed by atoms with Gasteiger partial charge < -0.3 is 25.0 Å². The average Bonchev–Trinajstić information content (AvgIpc) is 2.31. The van der Waals surface area contributed by atoms with Crippen molar-refractivity contribution in [3.8, 4) is 0 Å². The van der Waals surface area contributed by atoms with E-state index in [-0.39, 0.29) is 50.4 Å². The number of aliphatic hydroxyl groups is 2. The number of carbonyl (C=O) groups is 1. The molecule has 0 aromatic carbocycles. The lowest BCUT2D eigenvalue weighted by atomic mass is 10.3. The van der Waals surface area contributed by atoms with Crippen molar-refractivity contribution in [2.24, 2.45) is 0 Å². The van der Waals surface area contributed by atoms with E-state index in [4.69, 9.17) is 19.7 Å². The summed E-state index contributed by atoms with van der Waals surface area (Å²) >= 11 is 3.02. The van der Waals surface area contributed by atoms with Crippen molar-refractivity contribution in [2.45, 2.75) is 6.10 Å². The highest BCUT2D eigenvalue weighted by Gasteiger charge is 2.10. The molecule has 0 aliphatic heterocycles. The molecule has 0 aromatic rings. The van der Waals surface area contributed by atoms with E-state index < -0.39 is 0 Å². The van der Waals surface area contributed by atoms with Crippen LogP contribution in [0.5, 0.6) is 0 Å². The third-order valence-corrected chi connectivity index (χ3v) is 2.14. The quantitative estimate of drug-likeness (QED) is 0.351. The minimum absolute atomic E-state index is 0.0551. The molecule has 16 heavy (non-hydrogen) atoms. The highest BCUT2D eigenvalue weighted by molar-refractivity contribution is 9.09. The number of halogens is 1. The molecule has 3 N–H and O–H groups in total. The van der Waals surface area contributed by atoms with Crippen LogP contribution in [0.4, 0.5) is 0 Å². The third-order valence-electron chi connectivity index (χ3n) is 1.63. The highest BCUT2D eigenvalue weighted by atomic mass is 79.9. The van der Waals surface area contributed by atoms with Gasteiger partial charge in [0.1, 0.15) is 0 Å². The standard InChI is InChI=1S/C9H18BrNO5/c10-5-9(14)11-6-8(16-4-2-13)7-15-3-1-12/h8,12-13H,1-7H2,(H,11,14). The molecule has 0 heterocycles. The summed E-state index contributed by atoms with van der Waals surface area (Å²) in [5.41, 5.74) is 0. The first-order valence-corrected chi connectivity index (χ1v) is 6.10. The van der Waals surface area contributed by atoms with Gasteiger partial charge in [-0.1, -0.05) is 15.9 Å². The van der Waals surface area contributed by atoms with Gasteiger partial charge in [0.25, 0.3) is 0 Å². The van der Waals surface area contributed by atoms with Gasteiger partial charge >= 0.3 is 0 Å². The molecule has 6 nitrogen and oxygen atoms in total. The second kappa shape index (κ2) is 11.3. The minimum atomic E-state index is -0.318. The molecule has 0 saturated heterocycles. The fourth-order valence-electron chi connectivity index (χ4n) is 0.940. The van der Waals surface area contributed by atoms with Gasteiger partial charge in [-0.3, -0.25) is 4.79 Å². The summed E-state index contributed by atoms with van der Waals surface area (Å²) in [5, 5.41) is 20.0. The van der Waals surface area contributed by atoms with Crippen molar-refractivity contribution in [3.05, 3.63) is 0 Å². The predicted molar refractivity (Wildman–Crippen MR) is 61.5 cm³/mol. The molecular formula is C9H18BrNO5. The van der Waals surface area contributed by atoms with E-state index in [1.54, 1.807) is 0 Å². The van der Waals surface area contributed by atoms with Crippen molar-refractivity contribution in [1.82, 2.24) is 5.32 Å². The van der Waals surface area contributed by atoms with Gasteiger partial charge in [-0.05, 0) is 0 Å².